The standard InChI is InChI=1S/C14H17N3OS2/c1-10-5-2-3-7-12(10)15-13-16-17-14(20-13)19-9-11-6-4-8-18-11/h2-3,5,7,11H,4,6,8-9H2,1H3,(H,15,16)/t11-/m0/s1. The largest absolute Gasteiger partial charge is 0.377 e. The highest BCUT2D eigenvalue weighted by Gasteiger charge is 2.16. The topological polar surface area (TPSA) is 47.0 Å². The van der Waals surface area contributed by atoms with Crippen LogP contribution in [0.4, 0.5) is 10.8 Å². The van der Waals surface area contributed by atoms with Crippen molar-refractivity contribution >= 4 is 33.9 Å². The number of nitrogens with one attached hydrogen (secondary N) is 1. The van der Waals surface area contributed by atoms with Crippen LogP contribution in [-0.2, 0) is 4.74 Å². The van der Waals surface area contributed by atoms with Crippen LogP contribution in [0.1, 0.15) is 18.4 Å². The third-order valence-corrected chi connectivity index (χ3v) is 5.31. The number of ether oxygens (including phenoxy) is 1. The van der Waals surface area contributed by atoms with Crippen molar-refractivity contribution in [1.82, 2.24) is 10.2 Å². The number of hydrogen-bond acceptors (Lipinski definition) is 6. The smallest absolute Gasteiger partial charge is 0.210 e. The first-order valence-electron chi connectivity index (χ1n) is 6.72. The van der Waals surface area contributed by atoms with E-state index < -0.39 is 0 Å². The lowest BCUT2D eigenvalue weighted by atomic mass is 10.2. The minimum Gasteiger partial charge on any atom is -0.377 e. The molecule has 20 heavy (non-hydrogen) atoms. The lowest BCUT2D eigenvalue weighted by Gasteiger charge is -2.06. The molecule has 1 fully saturated rings. The first-order valence-corrected chi connectivity index (χ1v) is 8.52. The predicted molar refractivity (Wildman–Crippen MR) is 84.1 cm³/mol. The van der Waals surface area contributed by atoms with Crippen LogP contribution in [0.25, 0.3) is 0 Å². The molecule has 1 atom stereocenters. The van der Waals surface area contributed by atoms with E-state index in [0.29, 0.717) is 6.10 Å². The van der Waals surface area contributed by atoms with E-state index in [4.69, 9.17) is 4.74 Å². The van der Waals surface area contributed by atoms with E-state index >= 15 is 0 Å². The van der Waals surface area contributed by atoms with E-state index in [1.165, 1.54) is 18.4 Å². The fourth-order valence-electron chi connectivity index (χ4n) is 2.09. The maximum Gasteiger partial charge on any atom is 0.210 e. The average molecular weight is 307 g/mol. The second-order valence-electron chi connectivity index (χ2n) is 4.76. The van der Waals surface area contributed by atoms with Gasteiger partial charge in [0.2, 0.25) is 5.13 Å². The molecule has 1 aromatic heterocycles. The van der Waals surface area contributed by atoms with Gasteiger partial charge < -0.3 is 10.1 Å². The van der Waals surface area contributed by atoms with E-state index in [1.54, 1.807) is 23.1 Å². The Hall–Kier alpha value is -1.11. The Morgan fingerprint density at radius 3 is 3.10 bits per heavy atom. The van der Waals surface area contributed by atoms with Crippen molar-refractivity contribution in [2.24, 2.45) is 0 Å². The summed E-state index contributed by atoms with van der Waals surface area (Å²) >= 11 is 3.33. The highest BCUT2D eigenvalue weighted by Crippen LogP contribution is 2.30. The molecule has 1 aliphatic heterocycles. The summed E-state index contributed by atoms with van der Waals surface area (Å²) in [5, 5.41) is 12.6. The summed E-state index contributed by atoms with van der Waals surface area (Å²) in [4.78, 5) is 0. The van der Waals surface area contributed by atoms with Gasteiger partial charge >= 0.3 is 0 Å². The number of para-hydroxylation sites is 1. The number of hydrogen-bond donors (Lipinski definition) is 1. The Labute approximate surface area is 127 Å². The zero-order valence-electron chi connectivity index (χ0n) is 11.3. The molecule has 1 saturated heterocycles. The van der Waals surface area contributed by atoms with Crippen molar-refractivity contribution in [1.29, 1.82) is 0 Å². The fourth-order valence-corrected chi connectivity index (χ4v) is 3.94. The van der Waals surface area contributed by atoms with Gasteiger partial charge in [0.15, 0.2) is 4.34 Å². The van der Waals surface area contributed by atoms with Crippen LogP contribution >= 0.6 is 23.1 Å². The molecular weight excluding hydrogens is 290 g/mol. The molecule has 2 aromatic rings. The maximum absolute atomic E-state index is 5.61. The summed E-state index contributed by atoms with van der Waals surface area (Å²) in [5.74, 6) is 0.971. The number of aryl methyl sites for hydroxylation is 1. The molecule has 0 unspecified atom stereocenters. The van der Waals surface area contributed by atoms with Gasteiger partial charge in [0.1, 0.15) is 0 Å². The molecule has 0 amide bonds. The highest BCUT2D eigenvalue weighted by molar-refractivity contribution is 8.01. The van der Waals surface area contributed by atoms with E-state index in [1.807, 2.05) is 12.1 Å². The molecule has 1 aromatic carbocycles. The molecule has 4 nitrogen and oxygen atoms in total. The van der Waals surface area contributed by atoms with Crippen molar-refractivity contribution in [3.8, 4) is 0 Å². The van der Waals surface area contributed by atoms with Crippen LogP contribution in [0.15, 0.2) is 28.6 Å². The molecule has 106 valence electrons. The van der Waals surface area contributed by atoms with E-state index in [9.17, 15) is 0 Å². The first-order chi connectivity index (χ1) is 9.81. The summed E-state index contributed by atoms with van der Waals surface area (Å²) in [7, 11) is 0. The third kappa shape index (κ3) is 3.50. The SMILES string of the molecule is Cc1ccccc1Nc1nnc(SC[C@@H]2CCCO2)s1. The van der Waals surface area contributed by atoms with Gasteiger partial charge in [0.25, 0.3) is 0 Å². The molecule has 0 saturated carbocycles. The lowest BCUT2D eigenvalue weighted by molar-refractivity contribution is 0.129. The Balaban J connectivity index is 1.57. The summed E-state index contributed by atoms with van der Waals surface area (Å²) in [5.41, 5.74) is 2.29. The minimum atomic E-state index is 0.386. The molecule has 3 rings (SSSR count). The number of aromatic nitrogens is 2. The monoisotopic (exact) mass is 307 g/mol. The van der Waals surface area contributed by atoms with Gasteiger partial charge in [-0.25, -0.2) is 0 Å². The quantitative estimate of drug-likeness (QED) is 0.850. The Morgan fingerprint density at radius 1 is 1.40 bits per heavy atom. The van der Waals surface area contributed by atoms with Crippen molar-refractivity contribution in [2.75, 3.05) is 17.7 Å². The minimum absolute atomic E-state index is 0.386. The fraction of sp³-hybridized carbons (Fsp3) is 0.429. The molecule has 6 heteroatoms. The van der Waals surface area contributed by atoms with E-state index in [-0.39, 0.29) is 0 Å². The summed E-state index contributed by atoms with van der Waals surface area (Å²) in [6.07, 6.45) is 2.73. The van der Waals surface area contributed by atoms with Crippen LogP contribution in [0.2, 0.25) is 0 Å². The zero-order chi connectivity index (χ0) is 13.8. The number of benzene rings is 1. The number of nitrogens with zero attached hydrogens (tertiary/aromatic N) is 2. The summed E-state index contributed by atoms with van der Waals surface area (Å²) < 4.78 is 6.61. The van der Waals surface area contributed by atoms with Gasteiger partial charge in [-0.05, 0) is 31.4 Å². The third-order valence-electron chi connectivity index (χ3n) is 3.21. The van der Waals surface area contributed by atoms with Crippen LogP contribution < -0.4 is 5.32 Å². The van der Waals surface area contributed by atoms with Crippen LogP contribution in [0, 0.1) is 6.92 Å². The Kier molecular flexibility index (Phi) is 4.54. The molecule has 0 bridgehead atoms. The number of anilines is 2. The molecular formula is C14H17N3OS2. The van der Waals surface area contributed by atoms with Crippen molar-refractivity contribution in [3.05, 3.63) is 29.8 Å². The van der Waals surface area contributed by atoms with Gasteiger partial charge in [-0.15, -0.1) is 10.2 Å². The van der Waals surface area contributed by atoms with Gasteiger partial charge in [0.05, 0.1) is 6.10 Å². The van der Waals surface area contributed by atoms with Crippen molar-refractivity contribution < 1.29 is 4.74 Å². The van der Waals surface area contributed by atoms with Crippen molar-refractivity contribution in [2.45, 2.75) is 30.2 Å². The molecule has 0 radical (unpaired) electrons. The average Bonchev–Trinajstić information content (AvgIpc) is 3.10. The lowest BCUT2D eigenvalue weighted by Crippen LogP contribution is -2.07. The summed E-state index contributed by atoms with van der Waals surface area (Å²) in [6, 6.07) is 8.18. The highest BCUT2D eigenvalue weighted by atomic mass is 32.2. The first kappa shape index (κ1) is 13.9. The van der Waals surface area contributed by atoms with Crippen LogP contribution in [0.5, 0.6) is 0 Å². The van der Waals surface area contributed by atoms with Gasteiger partial charge in [-0.1, -0.05) is 41.3 Å². The van der Waals surface area contributed by atoms with Gasteiger partial charge in [-0.3, -0.25) is 0 Å². The number of rotatable bonds is 5. The molecule has 1 aliphatic rings. The zero-order valence-corrected chi connectivity index (χ0v) is 13.0. The van der Waals surface area contributed by atoms with E-state index in [0.717, 1.165) is 27.5 Å². The second-order valence-corrected chi connectivity index (χ2v) is 7.00. The van der Waals surface area contributed by atoms with Gasteiger partial charge in [-0.2, -0.15) is 0 Å². The molecule has 0 aliphatic carbocycles. The molecule has 0 spiro atoms. The van der Waals surface area contributed by atoms with E-state index in [2.05, 4.69) is 34.6 Å². The Bertz CT molecular complexity index is 567. The number of thioether (sulfide) groups is 1. The second kappa shape index (κ2) is 6.56. The van der Waals surface area contributed by atoms with Crippen molar-refractivity contribution in [3.63, 3.8) is 0 Å². The van der Waals surface area contributed by atoms with Crippen LogP contribution in [-0.4, -0.2) is 28.7 Å². The molecule has 2 heterocycles. The Morgan fingerprint density at radius 2 is 2.30 bits per heavy atom. The predicted octanol–water partition coefficient (Wildman–Crippen LogP) is 3.86. The maximum atomic E-state index is 5.61. The normalized spacial score (nSPS) is 18.4. The van der Waals surface area contributed by atoms with Gasteiger partial charge in [0, 0.05) is 18.0 Å². The molecule has 1 N–H and O–H groups in total. The van der Waals surface area contributed by atoms with Crippen LogP contribution in [0.3, 0.4) is 0 Å². The summed E-state index contributed by atoms with van der Waals surface area (Å²) in [6.45, 7) is 2.98.